The van der Waals surface area contributed by atoms with Crippen LogP contribution in [0.2, 0.25) is 0 Å². The van der Waals surface area contributed by atoms with Crippen molar-refractivity contribution in [3.63, 3.8) is 0 Å². The number of rotatable bonds is 6. The smallest absolute Gasteiger partial charge is 0.0974 e. The Morgan fingerprint density at radius 1 is 0.308 bits per heavy atom. The van der Waals surface area contributed by atoms with E-state index in [4.69, 9.17) is 9.97 Å². The average molecular weight is 665 g/mol. The minimum absolute atomic E-state index is 0.941. The third-order valence-corrected chi connectivity index (χ3v) is 10.00. The van der Waals surface area contributed by atoms with E-state index in [1.54, 1.807) is 0 Å². The van der Waals surface area contributed by atoms with E-state index in [0.717, 1.165) is 49.9 Å². The monoisotopic (exact) mass is 664 g/mol. The fourth-order valence-electron chi connectivity index (χ4n) is 7.61. The maximum absolute atomic E-state index is 5.03. The van der Waals surface area contributed by atoms with Crippen molar-refractivity contribution in [2.45, 2.75) is 13.8 Å². The molecule has 0 aliphatic carbocycles. The Labute approximate surface area is 304 Å². The van der Waals surface area contributed by atoms with Gasteiger partial charge in [0.25, 0.3) is 0 Å². The van der Waals surface area contributed by atoms with Crippen LogP contribution >= 0.6 is 0 Å². The molecule has 0 N–H and O–H groups in total. The molecule has 2 heteroatoms. The Morgan fingerprint density at radius 2 is 0.750 bits per heavy atom. The molecular weight excluding hydrogens is 629 g/mol. The summed E-state index contributed by atoms with van der Waals surface area (Å²) in [5, 5.41) is 2.19. The molecule has 2 aromatic heterocycles. The van der Waals surface area contributed by atoms with Crippen molar-refractivity contribution in [3.05, 3.63) is 193 Å². The fourth-order valence-corrected chi connectivity index (χ4v) is 7.61. The quantitative estimate of drug-likeness (QED) is 0.165. The van der Waals surface area contributed by atoms with Crippen molar-refractivity contribution in [2.75, 3.05) is 0 Å². The van der Waals surface area contributed by atoms with Gasteiger partial charge < -0.3 is 0 Å². The van der Waals surface area contributed by atoms with Gasteiger partial charge in [-0.25, -0.2) is 0 Å². The topological polar surface area (TPSA) is 25.8 Å². The predicted octanol–water partition coefficient (Wildman–Crippen LogP) is 13.4. The number of nitrogens with zero attached hydrogens (tertiary/aromatic N) is 2. The molecule has 52 heavy (non-hydrogen) atoms. The molecule has 0 saturated heterocycles. The molecule has 0 saturated carbocycles. The first-order valence-electron chi connectivity index (χ1n) is 17.8. The Kier molecular flexibility index (Phi) is 7.98. The van der Waals surface area contributed by atoms with Crippen molar-refractivity contribution < 1.29 is 0 Å². The second-order valence-corrected chi connectivity index (χ2v) is 13.4. The lowest BCUT2D eigenvalue weighted by Crippen LogP contribution is -1.98. The van der Waals surface area contributed by atoms with Gasteiger partial charge in [-0.05, 0) is 111 Å². The maximum Gasteiger partial charge on any atom is 0.0974 e. The molecule has 0 atom stereocenters. The highest BCUT2D eigenvalue weighted by Gasteiger charge is 2.24. The molecule has 0 aliphatic heterocycles. The van der Waals surface area contributed by atoms with Gasteiger partial charge >= 0.3 is 0 Å². The lowest BCUT2D eigenvalue weighted by Gasteiger charge is -2.24. The van der Waals surface area contributed by atoms with Gasteiger partial charge in [0.05, 0.1) is 11.0 Å². The second-order valence-electron chi connectivity index (χ2n) is 13.4. The van der Waals surface area contributed by atoms with Gasteiger partial charge in [0, 0.05) is 22.2 Å². The molecule has 0 radical (unpaired) electrons. The third-order valence-electron chi connectivity index (χ3n) is 10.00. The number of aryl methyl sites for hydroxylation is 2. The Balaban J connectivity index is 1.39. The van der Waals surface area contributed by atoms with Crippen LogP contribution in [0.15, 0.2) is 182 Å². The van der Waals surface area contributed by atoms with E-state index in [1.807, 2.05) is 13.8 Å². The molecule has 0 spiro atoms. The van der Waals surface area contributed by atoms with Crippen LogP contribution in [-0.4, -0.2) is 9.97 Å². The van der Waals surface area contributed by atoms with Crippen LogP contribution in [0.3, 0.4) is 0 Å². The highest BCUT2D eigenvalue weighted by Crippen LogP contribution is 2.50. The number of hydrogen-bond donors (Lipinski definition) is 0. The van der Waals surface area contributed by atoms with Gasteiger partial charge in [0.2, 0.25) is 0 Å². The van der Waals surface area contributed by atoms with Crippen LogP contribution in [0.25, 0.3) is 88.6 Å². The van der Waals surface area contributed by atoms with Gasteiger partial charge in [0.1, 0.15) is 0 Å². The van der Waals surface area contributed by atoms with E-state index in [9.17, 15) is 0 Å². The van der Waals surface area contributed by atoms with Crippen LogP contribution < -0.4 is 0 Å². The van der Waals surface area contributed by atoms with E-state index in [1.165, 1.54) is 50.1 Å². The largest absolute Gasteiger partial charge is 0.251 e. The summed E-state index contributed by atoms with van der Waals surface area (Å²) in [4.78, 5) is 9.97. The zero-order valence-corrected chi connectivity index (χ0v) is 29.2. The van der Waals surface area contributed by atoms with Crippen LogP contribution in [0.1, 0.15) is 11.4 Å². The van der Waals surface area contributed by atoms with Crippen molar-refractivity contribution in [1.82, 2.24) is 9.97 Å². The number of benzene rings is 7. The van der Waals surface area contributed by atoms with E-state index in [0.29, 0.717) is 0 Å². The zero-order valence-electron chi connectivity index (χ0n) is 29.2. The summed E-state index contributed by atoms with van der Waals surface area (Å²) in [6, 6.07) is 65.7. The van der Waals surface area contributed by atoms with Gasteiger partial charge in [0.15, 0.2) is 0 Å². The van der Waals surface area contributed by atoms with E-state index in [-0.39, 0.29) is 0 Å². The molecule has 246 valence electrons. The van der Waals surface area contributed by atoms with Gasteiger partial charge in [-0.15, -0.1) is 0 Å². The summed E-state index contributed by atoms with van der Waals surface area (Å²) in [6.45, 7) is 4.09. The molecule has 2 heterocycles. The van der Waals surface area contributed by atoms with Crippen LogP contribution in [0, 0.1) is 13.8 Å². The lowest BCUT2D eigenvalue weighted by atomic mass is 9.78. The van der Waals surface area contributed by atoms with E-state index in [2.05, 4.69) is 182 Å². The standard InChI is InChI=1S/C50H36N2/c1-33-26-28-41-31-43(42-29-27-34(2)52-50(42)49(41)51-33)39-24-15-25-40(30-39)45-32-44(35-16-7-3-8-17-35)46(36-18-9-4-10-19-36)48(38-22-13-6-14-23-38)47(45)37-20-11-5-12-21-37/h3-32H,1-2H3. The molecule has 9 aromatic rings. The van der Waals surface area contributed by atoms with Crippen molar-refractivity contribution in [1.29, 1.82) is 0 Å². The molecule has 0 aliphatic rings. The minimum atomic E-state index is 0.941. The first-order valence-corrected chi connectivity index (χ1v) is 17.8. The SMILES string of the molecule is Cc1ccc2cc(-c3cccc(-c4cc(-c5ccccc5)c(-c5ccccc5)c(-c5ccccc5)c4-c4ccccc4)c3)c3ccc(C)nc3c2n1. The Morgan fingerprint density at radius 3 is 1.33 bits per heavy atom. The van der Waals surface area contributed by atoms with Crippen LogP contribution in [0.4, 0.5) is 0 Å². The number of hydrogen-bond acceptors (Lipinski definition) is 2. The number of pyridine rings is 2. The van der Waals surface area contributed by atoms with E-state index < -0.39 is 0 Å². The van der Waals surface area contributed by atoms with Gasteiger partial charge in [-0.2, -0.15) is 0 Å². The first-order chi connectivity index (χ1) is 25.6. The summed E-state index contributed by atoms with van der Waals surface area (Å²) >= 11 is 0. The fraction of sp³-hybridized carbons (Fsp3) is 0.0400. The highest BCUT2D eigenvalue weighted by molar-refractivity contribution is 6.11. The second kappa shape index (κ2) is 13.2. The van der Waals surface area contributed by atoms with Gasteiger partial charge in [-0.1, -0.05) is 152 Å². The lowest BCUT2D eigenvalue weighted by molar-refractivity contribution is 1.23. The Hall–Kier alpha value is -6.64. The van der Waals surface area contributed by atoms with Crippen LogP contribution in [0.5, 0.6) is 0 Å². The van der Waals surface area contributed by atoms with Crippen molar-refractivity contribution >= 4 is 21.8 Å². The Bertz CT molecular complexity index is 2720. The molecule has 0 unspecified atom stereocenters. The average Bonchev–Trinajstić information content (AvgIpc) is 3.21. The summed E-state index contributed by atoms with van der Waals surface area (Å²) in [5.74, 6) is 0. The number of aromatic nitrogens is 2. The van der Waals surface area contributed by atoms with Crippen LogP contribution in [-0.2, 0) is 0 Å². The molecular formula is C50H36N2. The maximum atomic E-state index is 5.03. The van der Waals surface area contributed by atoms with Gasteiger partial charge in [-0.3, -0.25) is 9.97 Å². The molecule has 0 bridgehead atoms. The highest BCUT2D eigenvalue weighted by atomic mass is 14.8. The first kappa shape index (κ1) is 31.3. The summed E-state index contributed by atoms with van der Waals surface area (Å²) in [7, 11) is 0. The van der Waals surface area contributed by atoms with Crippen molar-refractivity contribution in [2.24, 2.45) is 0 Å². The summed E-state index contributed by atoms with van der Waals surface area (Å²) < 4.78 is 0. The summed E-state index contributed by atoms with van der Waals surface area (Å²) in [5.41, 5.74) is 18.1. The normalized spacial score (nSPS) is 11.3. The molecule has 0 amide bonds. The molecule has 2 nitrogen and oxygen atoms in total. The molecule has 0 fully saturated rings. The number of fused-ring (bicyclic) bond motifs is 3. The minimum Gasteiger partial charge on any atom is -0.251 e. The third kappa shape index (κ3) is 5.65. The predicted molar refractivity (Wildman–Crippen MR) is 219 cm³/mol. The summed E-state index contributed by atoms with van der Waals surface area (Å²) in [6.07, 6.45) is 0. The molecule has 7 aromatic carbocycles. The zero-order chi connectivity index (χ0) is 35.0. The van der Waals surface area contributed by atoms with E-state index >= 15 is 0 Å². The van der Waals surface area contributed by atoms with Crippen molar-refractivity contribution in [3.8, 4) is 66.8 Å². The molecule has 9 rings (SSSR count).